The van der Waals surface area contributed by atoms with Crippen molar-refractivity contribution in [3.8, 4) is 5.75 Å². The van der Waals surface area contributed by atoms with Crippen LogP contribution in [0.15, 0.2) is 48.5 Å². The number of rotatable bonds is 8. The number of phenols is 1. The van der Waals surface area contributed by atoms with Crippen molar-refractivity contribution in [2.75, 3.05) is 13.1 Å². The van der Waals surface area contributed by atoms with Gasteiger partial charge in [0.1, 0.15) is 17.3 Å². The van der Waals surface area contributed by atoms with Gasteiger partial charge in [-0.1, -0.05) is 43.3 Å². The summed E-state index contributed by atoms with van der Waals surface area (Å²) in [6, 6.07) is 10.6. The third-order valence-corrected chi connectivity index (χ3v) is 7.54. The number of amides is 3. The fourth-order valence-electron chi connectivity index (χ4n) is 5.34. The van der Waals surface area contributed by atoms with Crippen molar-refractivity contribution in [2.24, 2.45) is 0 Å². The highest BCUT2D eigenvalue weighted by Gasteiger charge is 2.77. The lowest BCUT2D eigenvalue weighted by Gasteiger charge is -2.54. The maximum Gasteiger partial charge on any atom is 0.290 e. The summed E-state index contributed by atoms with van der Waals surface area (Å²) in [6.07, 6.45) is -1.38. The minimum atomic E-state index is -3.37. The van der Waals surface area contributed by atoms with Gasteiger partial charge in [-0.3, -0.25) is 14.4 Å². The molecule has 1 unspecified atom stereocenters. The molecule has 3 amide bonds. The maximum absolute atomic E-state index is 15.1. The van der Waals surface area contributed by atoms with Crippen LogP contribution < -0.4 is 5.32 Å². The molecule has 0 aliphatic carbocycles. The van der Waals surface area contributed by atoms with E-state index in [0.717, 1.165) is 9.80 Å². The Bertz CT molecular complexity index is 1210. The first-order valence-corrected chi connectivity index (χ1v) is 12.2. The van der Waals surface area contributed by atoms with E-state index in [1.807, 2.05) is 0 Å². The molecular formula is C27H31F2N3O5. The monoisotopic (exact) mass is 515 g/mol. The van der Waals surface area contributed by atoms with Crippen LogP contribution in [-0.4, -0.2) is 80.5 Å². The summed E-state index contributed by atoms with van der Waals surface area (Å²) in [5, 5.41) is 23.8. The molecule has 2 aliphatic rings. The summed E-state index contributed by atoms with van der Waals surface area (Å²) in [4.78, 5) is 41.1. The number of likely N-dealkylation sites (tertiary alicyclic amines) is 2. The number of carbonyl (C=O) groups is 3. The molecular weight excluding hydrogens is 484 g/mol. The van der Waals surface area contributed by atoms with E-state index in [0.29, 0.717) is 17.5 Å². The van der Waals surface area contributed by atoms with Crippen LogP contribution >= 0.6 is 0 Å². The molecule has 0 radical (unpaired) electrons. The van der Waals surface area contributed by atoms with Crippen molar-refractivity contribution >= 4 is 17.7 Å². The molecule has 10 heteroatoms. The number of alkyl halides is 2. The van der Waals surface area contributed by atoms with Gasteiger partial charge in [0.15, 0.2) is 6.10 Å². The molecule has 198 valence electrons. The van der Waals surface area contributed by atoms with Gasteiger partial charge in [-0.05, 0) is 44.4 Å². The number of hydrogen-bond donors (Lipinski definition) is 3. The Morgan fingerprint density at radius 2 is 1.84 bits per heavy atom. The second kappa shape index (κ2) is 9.74. The molecule has 37 heavy (non-hydrogen) atoms. The standard InChI is InChI=1S/C27H31F2N3O5/c1-4-13-32-25(37)22-26(32,3)27(28,29)15-31(22)24(36)21(34)19(14-17-9-6-5-7-10-17)30-23(35)18-11-8-12-20(33)16(18)2/h5-12,19,21-22,33-34H,4,13-15H2,1-3H3,(H,30,35)/t19-,21-,22+,26?/m0/s1. The van der Waals surface area contributed by atoms with E-state index < -0.39 is 53.9 Å². The molecule has 0 spiro atoms. The molecule has 2 aliphatic heterocycles. The number of phenolic OH excluding ortho intramolecular Hbond substituents is 1. The van der Waals surface area contributed by atoms with Crippen molar-refractivity contribution in [3.05, 3.63) is 65.2 Å². The molecule has 8 nitrogen and oxygen atoms in total. The van der Waals surface area contributed by atoms with E-state index in [1.54, 1.807) is 44.2 Å². The average molecular weight is 516 g/mol. The van der Waals surface area contributed by atoms with E-state index in [4.69, 9.17) is 0 Å². The SMILES string of the molecule is CCCN1C(=O)[C@H]2N(C(=O)[C@@H](O)[C@H](Cc3ccccc3)NC(=O)c3cccc(O)c3C)CC(F)(F)C21C. The Hall–Kier alpha value is -3.53. The number of β-lactam (4-membered cyclic amide) rings is 1. The first-order chi connectivity index (χ1) is 17.4. The summed E-state index contributed by atoms with van der Waals surface area (Å²) in [5.74, 6) is -5.74. The van der Waals surface area contributed by atoms with Crippen LogP contribution in [-0.2, 0) is 16.0 Å². The van der Waals surface area contributed by atoms with Crippen LogP contribution in [0, 0.1) is 6.92 Å². The predicted molar refractivity (Wildman–Crippen MR) is 131 cm³/mol. The number of aliphatic hydroxyl groups is 1. The molecule has 2 saturated heterocycles. The van der Waals surface area contributed by atoms with Gasteiger partial charge in [0.25, 0.3) is 17.7 Å². The Morgan fingerprint density at radius 1 is 1.16 bits per heavy atom. The van der Waals surface area contributed by atoms with Gasteiger partial charge in [-0.15, -0.1) is 0 Å². The van der Waals surface area contributed by atoms with Gasteiger partial charge in [0, 0.05) is 17.7 Å². The summed E-state index contributed by atoms with van der Waals surface area (Å²) in [5.41, 5.74) is -0.711. The normalized spacial score (nSPS) is 23.7. The summed E-state index contributed by atoms with van der Waals surface area (Å²) >= 11 is 0. The minimum Gasteiger partial charge on any atom is -0.508 e. The molecule has 2 fully saturated rings. The fourth-order valence-corrected chi connectivity index (χ4v) is 5.34. The zero-order valence-electron chi connectivity index (χ0n) is 20.9. The summed E-state index contributed by atoms with van der Waals surface area (Å²) < 4.78 is 30.3. The third-order valence-electron chi connectivity index (χ3n) is 7.54. The zero-order chi connectivity index (χ0) is 27.1. The van der Waals surface area contributed by atoms with E-state index in [1.165, 1.54) is 25.1 Å². The van der Waals surface area contributed by atoms with Gasteiger partial charge in [0.2, 0.25) is 5.91 Å². The second-order valence-corrected chi connectivity index (χ2v) is 9.87. The lowest BCUT2D eigenvalue weighted by molar-refractivity contribution is -0.190. The first-order valence-electron chi connectivity index (χ1n) is 12.2. The van der Waals surface area contributed by atoms with Crippen molar-refractivity contribution in [1.29, 1.82) is 0 Å². The van der Waals surface area contributed by atoms with Gasteiger partial charge in [-0.25, -0.2) is 8.78 Å². The number of halogens is 2. The van der Waals surface area contributed by atoms with Crippen molar-refractivity contribution < 1.29 is 33.4 Å². The molecule has 2 aromatic carbocycles. The topological polar surface area (TPSA) is 110 Å². The van der Waals surface area contributed by atoms with Crippen LogP contribution in [0.3, 0.4) is 0 Å². The van der Waals surface area contributed by atoms with E-state index in [-0.39, 0.29) is 24.3 Å². The molecule has 2 heterocycles. The van der Waals surface area contributed by atoms with Crippen molar-refractivity contribution in [2.45, 2.75) is 63.3 Å². The van der Waals surface area contributed by atoms with Crippen LogP contribution in [0.25, 0.3) is 0 Å². The Kier molecular flexibility index (Phi) is 6.98. The highest BCUT2D eigenvalue weighted by Crippen LogP contribution is 2.52. The van der Waals surface area contributed by atoms with Crippen LogP contribution in [0.2, 0.25) is 0 Å². The number of fused-ring (bicyclic) bond motifs is 1. The van der Waals surface area contributed by atoms with Crippen LogP contribution in [0.1, 0.15) is 41.8 Å². The lowest BCUT2D eigenvalue weighted by atomic mass is 9.78. The molecule has 3 N–H and O–H groups in total. The summed E-state index contributed by atoms with van der Waals surface area (Å²) in [7, 11) is 0. The van der Waals surface area contributed by atoms with Gasteiger partial charge < -0.3 is 25.3 Å². The molecule has 0 bridgehead atoms. The minimum absolute atomic E-state index is 0.0272. The number of nitrogens with one attached hydrogen (secondary N) is 1. The number of nitrogens with zero attached hydrogens (tertiary/aromatic N) is 2. The molecule has 4 atom stereocenters. The smallest absolute Gasteiger partial charge is 0.290 e. The Morgan fingerprint density at radius 3 is 2.49 bits per heavy atom. The number of carbonyl (C=O) groups excluding carboxylic acids is 3. The van der Waals surface area contributed by atoms with Gasteiger partial charge in [0.05, 0.1) is 12.6 Å². The molecule has 0 saturated carbocycles. The Balaban J connectivity index is 1.61. The van der Waals surface area contributed by atoms with Crippen molar-refractivity contribution in [3.63, 3.8) is 0 Å². The van der Waals surface area contributed by atoms with Crippen LogP contribution in [0.5, 0.6) is 5.75 Å². The lowest BCUT2D eigenvalue weighted by Crippen LogP contribution is -2.78. The van der Waals surface area contributed by atoms with Gasteiger partial charge >= 0.3 is 0 Å². The number of hydrogen-bond acceptors (Lipinski definition) is 5. The predicted octanol–water partition coefficient (Wildman–Crippen LogP) is 2.26. The number of aliphatic hydroxyl groups excluding tert-OH is 1. The third kappa shape index (κ3) is 4.33. The van der Waals surface area contributed by atoms with E-state index in [2.05, 4.69) is 5.32 Å². The summed E-state index contributed by atoms with van der Waals surface area (Å²) in [6.45, 7) is 3.72. The average Bonchev–Trinajstić information content (AvgIpc) is 3.06. The highest BCUT2D eigenvalue weighted by molar-refractivity contribution is 5.99. The maximum atomic E-state index is 15.1. The quantitative estimate of drug-likeness (QED) is 0.468. The van der Waals surface area contributed by atoms with Crippen LogP contribution in [0.4, 0.5) is 8.78 Å². The molecule has 0 aromatic heterocycles. The van der Waals surface area contributed by atoms with E-state index in [9.17, 15) is 24.6 Å². The second-order valence-electron chi connectivity index (χ2n) is 9.87. The Labute approximate surface area is 213 Å². The zero-order valence-corrected chi connectivity index (χ0v) is 20.9. The highest BCUT2D eigenvalue weighted by atomic mass is 19.3. The molecule has 4 rings (SSSR count). The number of benzene rings is 2. The molecule has 2 aromatic rings. The van der Waals surface area contributed by atoms with Gasteiger partial charge in [-0.2, -0.15) is 0 Å². The largest absolute Gasteiger partial charge is 0.508 e. The fraction of sp³-hybridized carbons (Fsp3) is 0.444. The van der Waals surface area contributed by atoms with Crippen molar-refractivity contribution in [1.82, 2.24) is 15.1 Å². The first kappa shape index (κ1) is 26.5. The number of aromatic hydroxyl groups is 1. The van der Waals surface area contributed by atoms with E-state index >= 15 is 8.78 Å².